The number of fused-ring (bicyclic) bond motifs is 4. The molecule has 25 heteroatoms. The summed E-state index contributed by atoms with van der Waals surface area (Å²) in [6.45, 7) is 12.8. The molecule has 2 fully saturated rings. The van der Waals surface area contributed by atoms with Crippen LogP contribution in [-0.2, 0) is 69.3 Å². The lowest BCUT2D eigenvalue weighted by molar-refractivity contribution is -0.143. The van der Waals surface area contributed by atoms with Gasteiger partial charge in [0.1, 0.15) is 66.8 Å². The zero-order chi connectivity index (χ0) is 71.6. The number of aliphatic carboxylic acids is 1. The molecule has 6 amide bonds. The lowest BCUT2D eigenvalue weighted by Gasteiger charge is -2.37. The van der Waals surface area contributed by atoms with Gasteiger partial charge in [-0.3, -0.25) is 23.9 Å². The van der Waals surface area contributed by atoms with Crippen LogP contribution in [0.3, 0.4) is 0 Å². The van der Waals surface area contributed by atoms with Crippen molar-refractivity contribution in [1.29, 1.82) is 0 Å². The number of sulfonamides is 1. The number of ether oxygens (including phenoxy) is 4. The monoisotopic (exact) mass is 1380 g/mol. The third kappa shape index (κ3) is 18.5. The minimum Gasteiger partial charge on any atom is -0.487 e. The molecular formula is C75H86N10O14S. The highest BCUT2D eigenvalue weighted by atomic mass is 32.2. The molecule has 3 aliphatic rings. The SMILES string of the molecule is C#CCOc1ccc(C[C@H](NC(=O)[C@H](Cc2ccc3ccccc3c2)NC(=O)[C@@H]2C[C@H](n3cc(COc4ccc(CC(NC(=O)OCC5c6ccccc6-c6ccccc65)C(=O)O)cc4)nn3)CN2C(=O)[C@@H](NC[C@H](C)N(C)C(=O)OC(C)(C)C)C(C)(C)C)C(=O)NS(=O)(=O)C2CC2)cc1. The van der Waals surface area contributed by atoms with Gasteiger partial charge in [-0.05, 0) is 120 Å². The van der Waals surface area contributed by atoms with Crippen LogP contribution < -0.4 is 35.5 Å². The molecule has 0 bridgehead atoms. The van der Waals surface area contributed by atoms with Crippen LogP contribution >= 0.6 is 0 Å². The van der Waals surface area contributed by atoms with Crippen LogP contribution in [0.15, 0.2) is 146 Å². The molecule has 100 heavy (non-hydrogen) atoms. The molecule has 1 aliphatic heterocycles. The molecule has 24 nitrogen and oxygen atoms in total. The Kier molecular flexibility index (Phi) is 22.6. The number of nitrogens with zero attached hydrogens (tertiary/aromatic N) is 5. The lowest BCUT2D eigenvalue weighted by Crippen LogP contribution is -2.60. The van der Waals surface area contributed by atoms with Crippen LogP contribution in [0, 0.1) is 17.8 Å². The number of alkyl carbamates (subject to hydrolysis) is 1. The Morgan fingerprint density at radius 1 is 0.720 bits per heavy atom. The summed E-state index contributed by atoms with van der Waals surface area (Å²) in [6.07, 6.45) is 6.03. The van der Waals surface area contributed by atoms with Gasteiger partial charge < -0.3 is 55.1 Å². The molecule has 7 atom stereocenters. The average molecular weight is 1380 g/mol. The first-order valence-electron chi connectivity index (χ1n) is 33.4. The van der Waals surface area contributed by atoms with E-state index in [1.54, 1.807) is 87.2 Å². The number of rotatable bonds is 28. The Balaban J connectivity index is 0.865. The number of likely N-dealkylation sites (tertiary alicyclic amines) is 1. The number of carboxylic acid groups (broad SMARTS) is 1. The highest BCUT2D eigenvalue weighted by molar-refractivity contribution is 7.91. The molecule has 6 N–H and O–H groups in total. The average Bonchev–Trinajstić information content (AvgIpc) is 1.61. The summed E-state index contributed by atoms with van der Waals surface area (Å²) < 4.78 is 53.2. The van der Waals surface area contributed by atoms with E-state index in [0.29, 0.717) is 46.7 Å². The van der Waals surface area contributed by atoms with Crippen molar-refractivity contribution < 1.29 is 66.0 Å². The predicted octanol–water partition coefficient (Wildman–Crippen LogP) is 8.02. The Hall–Kier alpha value is -10.3. The smallest absolute Gasteiger partial charge is 0.410 e. The summed E-state index contributed by atoms with van der Waals surface area (Å²) >= 11 is 0. The van der Waals surface area contributed by atoms with Gasteiger partial charge in [-0.2, -0.15) is 0 Å². The molecule has 2 heterocycles. The third-order valence-electron chi connectivity index (χ3n) is 18.0. The number of nitrogens with one attached hydrogen (secondary N) is 5. The van der Waals surface area contributed by atoms with Gasteiger partial charge in [0.05, 0.1) is 23.5 Å². The van der Waals surface area contributed by atoms with E-state index >= 15 is 14.4 Å². The largest absolute Gasteiger partial charge is 0.487 e. The molecule has 7 aromatic rings. The molecule has 1 saturated heterocycles. The van der Waals surface area contributed by atoms with Crippen molar-refractivity contribution in [3.8, 4) is 35.0 Å². The first-order chi connectivity index (χ1) is 47.6. The fourth-order valence-corrected chi connectivity index (χ4v) is 13.7. The lowest BCUT2D eigenvalue weighted by atomic mass is 9.85. The van der Waals surface area contributed by atoms with Crippen LogP contribution in [0.4, 0.5) is 9.59 Å². The van der Waals surface area contributed by atoms with Gasteiger partial charge in [0, 0.05) is 57.8 Å². The van der Waals surface area contributed by atoms with E-state index < -0.39 is 110 Å². The Morgan fingerprint density at radius 3 is 1.91 bits per heavy atom. The first kappa shape index (κ1) is 72.4. The molecular weight excluding hydrogens is 1300 g/mol. The number of carbonyl (C=O) groups excluding carboxylic acids is 6. The van der Waals surface area contributed by atoms with Gasteiger partial charge in [0.25, 0.3) is 5.91 Å². The minimum atomic E-state index is -4.09. The highest BCUT2D eigenvalue weighted by Crippen LogP contribution is 2.44. The van der Waals surface area contributed by atoms with Crippen LogP contribution in [0.1, 0.15) is 113 Å². The van der Waals surface area contributed by atoms with E-state index in [0.717, 1.165) is 33.0 Å². The zero-order valence-corrected chi connectivity index (χ0v) is 58.1. The van der Waals surface area contributed by atoms with Crippen molar-refractivity contribution in [2.45, 2.75) is 153 Å². The second kappa shape index (κ2) is 31.3. The molecule has 10 rings (SSSR count). The van der Waals surface area contributed by atoms with E-state index in [-0.39, 0.29) is 64.5 Å². The number of hydrogen-bond acceptors (Lipinski definition) is 16. The summed E-state index contributed by atoms with van der Waals surface area (Å²) in [5.41, 5.74) is 4.77. The van der Waals surface area contributed by atoms with Crippen LogP contribution in [0.2, 0.25) is 0 Å². The summed E-state index contributed by atoms with van der Waals surface area (Å²) in [6, 6.07) is 34.8. The Morgan fingerprint density at radius 2 is 1.30 bits per heavy atom. The van der Waals surface area contributed by atoms with Crippen molar-refractivity contribution in [2.24, 2.45) is 5.41 Å². The number of benzene rings is 6. The molecule has 0 radical (unpaired) electrons. The molecule has 1 saturated carbocycles. The highest BCUT2D eigenvalue weighted by Gasteiger charge is 2.47. The van der Waals surface area contributed by atoms with E-state index in [1.807, 2.05) is 119 Å². The van der Waals surface area contributed by atoms with E-state index in [2.05, 4.69) is 42.2 Å². The molecule has 2 aliphatic carbocycles. The molecule has 0 spiro atoms. The topological polar surface area (TPSA) is 308 Å². The van der Waals surface area contributed by atoms with Crippen LogP contribution in [0.25, 0.3) is 21.9 Å². The number of amides is 6. The Labute approximate surface area is 582 Å². The number of likely N-dealkylation sites (N-methyl/N-ethyl adjacent to an activating group) is 1. The molecule has 1 unspecified atom stereocenters. The summed E-state index contributed by atoms with van der Waals surface area (Å²) in [5, 5.41) is 31.7. The van der Waals surface area contributed by atoms with Crippen molar-refractivity contribution in [1.82, 2.24) is 50.8 Å². The second-order valence-electron chi connectivity index (χ2n) is 27.8. The van der Waals surface area contributed by atoms with Gasteiger partial charge >= 0.3 is 18.2 Å². The van der Waals surface area contributed by atoms with Crippen molar-refractivity contribution in [3.63, 3.8) is 0 Å². The van der Waals surface area contributed by atoms with E-state index in [1.165, 1.54) is 9.80 Å². The van der Waals surface area contributed by atoms with Gasteiger partial charge in [0.15, 0.2) is 0 Å². The predicted molar refractivity (Wildman–Crippen MR) is 374 cm³/mol. The van der Waals surface area contributed by atoms with Crippen molar-refractivity contribution >= 4 is 62.6 Å². The number of terminal acetylenes is 1. The number of aromatic nitrogens is 3. The standard InChI is InChI=1S/C75H86N10O14S/c1-10-35-96-54-29-24-47(25-30-54)37-63(68(87)81-100(94,95)56-33-34-56)77-67(86)62(39-49-23-28-50-17-11-12-18-51(50)36-49)78-69(88)65-40-53(43-84(65)70(89)66(74(3,4)5)76-41-46(2)83(9)73(93)99-75(6,7)8)85-42-52(80-82-85)44-97-55-31-26-48(27-32-55)38-64(71(90)91)79-72(92)98-45-61-59-21-15-13-19-57(59)58-20-14-16-22-60(58)61/h1,11-32,36,42,46,53,56,61-66,76H,33-35,37-41,43-45H2,2-9H3,(H,77,86)(H,78,88)(H,79,92)(H,81,87)(H,90,91)/t46-,53-,62-,63-,64?,65-,66+/m0/s1. The minimum absolute atomic E-state index is 0.00863. The van der Waals surface area contributed by atoms with E-state index in [9.17, 15) is 32.7 Å². The normalized spacial score (nSPS) is 16.6. The fraction of sp³-hybridized carbons (Fsp3) is 0.400. The number of carbonyl (C=O) groups is 7. The van der Waals surface area contributed by atoms with Gasteiger partial charge in [-0.15, -0.1) is 11.5 Å². The summed E-state index contributed by atoms with van der Waals surface area (Å²) in [5.74, 6) is -1.16. The molecule has 526 valence electrons. The van der Waals surface area contributed by atoms with Gasteiger partial charge in [-0.25, -0.2) is 27.5 Å². The van der Waals surface area contributed by atoms with Crippen molar-refractivity contribution in [2.75, 3.05) is 33.4 Å². The van der Waals surface area contributed by atoms with Gasteiger partial charge in [0.2, 0.25) is 27.7 Å². The summed E-state index contributed by atoms with van der Waals surface area (Å²) in [4.78, 5) is 102. The maximum atomic E-state index is 15.5. The second-order valence-corrected chi connectivity index (χ2v) is 29.8. The first-order valence-corrected chi connectivity index (χ1v) is 34.9. The van der Waals surface area contributed by atoms with Crippen LogP contribution in [0.5, 0.6) is 11.5 Å². The van der Waals surface area contributed by atoms with Gasteiger partial charge in [-0.1, -0.05) is 147 Å². The van der Waals surface area contributed by atoms with Crippen LogP contribution in [-0.4, -0.2) is 161 Å². The molecule has 6 aromatic carbocycles. The Bertz CT molecular complexity index is 4250. The van der Waals surface area contributed by atoms with E-state index in [4.69, 9.17) is 25.4 Å². The maximum absolute atomic E-state index is 15.5. The van der Waals surface area contributed by atoms with Crippen molar-refractivity contribution in [3.05, 3.63) is 179 Å². The quantitative estimate of drug-likeness (QED) is 0.0253. The molecule has 1 aromatic heterocycles. The fourth-order valence-electron chi connectivity index (χ4n) is 12.3. The zero-order valence-electron chi connectivity index (χ0n) is 57.3. The third-order valence-corrected chi connectivity index (χ3v) is 19.8. The number of carboxylic acids is 1. The maximum Gasteiger partial charge on any atom is 0.410 e. The number of hydrogen-bond donors (Lipinski definition) is 6. The summed E-state index contributed by atoms with van der Waals surface area (Å²) in [7, 11) is -2.48.